The lowest BCUT2D eigenvalue weighted by Gasteiger charge is -2.40. The van der Waals surface area contributed by atoms with Crippen molar-refractivity contribution in [1.29, 1.82) is 0 Å². The first-order chi connectivity index (χ1) is 15.0. The molecule has 0 saturated heterocycles. The lowest BCUT2D eigenvalue weighted by Crippen LogP contribution is -2.39. The molecule has 4 aliphatic carbocycles. The number of aliphatic hydroxyl groups is 1. The fourth-order valence-corrected chi connectivity index (χ4v) is 5.73. The van der Waals surface area contributed by atoms with E-state index in [1.807, 2.05) is 13.8 Å². The predicted molar refractivity (Wildman–Crippen MR) is 113 cm³/mol. The van der Waals surface area contributed by atoms with Crippen LogP contribution < -0.4 is 0 Å². The molecule has 2 bridgehead atoms. The number of carbonyl (C=O) groups excluding carboxylic acids is 3. The molecule has 1 aliphatic heterocycles. The highest BCUT2D eigenvalue weighted by molar-refractivity contribution is 6.23. The molecule has 1 fully saturated rings. The Kier molecular flexibility index (Phi) is 4.64. The smallest absolute Gasteiger partial charge is 0.264 e. The van der Waals surface area contributed by atoms with E-state index in [0.29, 0.717) is 18.4 Å². The summed E-state index contributed by atoms with van der Waals surface area (Å²) in [6, 6.07) is 4.71. The van der Waals surface area contributed by atoms with Crippen LogP contribution in [-0.2, 0) is 4.79 Å². The van der Waals surface area contributed by atoms with Gasteiger partial charge in [-0.2, -0.15) is 0 Å². The number of ketones is 1. The van der Waals surface area contributed by atoms with E-state index < -0.39 is 0 Å². The topological polar surface area (TPSA) is 99.4 Å². The van der Waals surface area contributed by atoms with Crippen molar-refractivity contribution >= 4 is 23.3 Å². The molecule has 31 heavy (non-hydrogen) atoms. The van der Waals surface area contributed by atoms with Gasteiger partial charge in [0.25, 0.3) is 11.8 Å². The Hall–Kier alpha value is -3.09. The van der Waals surface area contributed by atoms with E-state index in [0.717, 1.165) is 12.8 Å². The number of amides is 2. The second kappa shape index (κ2) is 7.25. The monoisotopic (exact) mass is 419 g/mol. The Bertz CT molecular complexity index is 1080. The van der Waals surface area contributed by atoms with Crippen molar-refractivity contribution in [3.05, 3.63) is 52.9 Å². The van der Waals surface area contributed by atoms with Crippen LogP contribution in [0.5, 0.6) is 0 Å². The van der Waals surface area contributed by atoms with Crippen molar-refractivity contribution in [2.75, 3.05) is 0 Å². The SMILES string of the molecule is CCC(CC)N1C(=O)c2cccc(N=NC3=C(O)C4C5C=CC(CC5)C4C3=O)c2C1=O. The maximum Gasteiger partial charge on any atom is 0.264 e. The van der Waals surface area contributed by atoms with Gasteiger partial charge >= 0.3 is 0 Å². The Labute approximate surface area is 180 Å². The fraction of sp³-hybridized carbons (Fsp3) is 0.458. The molecule has 1 aromatic carbocycles. The van der Waals surface area contributed by atoms with Crippen LogP contribution in [0.15, 0.2) is 52.0 Å². The van der Waals surface area contributed by atoms with Gasteiger partial charge in [-0.1, -0.05) is 32.1 Å². The number of aliphatic hydroxyl groups excluding tert-OH is 1. The van der Waals surface area contributed by atoms with Crippen LogP contribution >= 0.6 is 0 Å². The highest BCUT2D eigenvalue weighted by Gasteiger charge is 2.53. The normalized spacial score (nSPS) is 29.1. The third-order valence-corrected chi connectivity index (χ3v) is 7.33. The van der Waals surface area contributed by atoms with E-state index in [-0.39, 0.29) is 70.0 Å². The molecule has 4 atom stereocenters. The number of hydrogen-bond donors (Lipinski definition) is 1. The molecule has 1 heterocycles. The van der Waals surface area contributed by atoms with Crippen molar-refractivity contribution in [3.8, 4) is 0 Å². The van der Waals surface area contributed by atoms with Gasteiger partial charge in [-0.25, -0.2) is 0 Å². The van der Waals surface area contributed by atoms with Crippen molar-refractivity contribution in [3.63, 3.8) is 0 Å². The van der Waals surface area contributed by atoms with E-state index in [9.17, 15) is 19.5 Å². The zero-order chi connectivity index (χ0) is 21.9. The van der Waals surface area contributed by atoms with E-state index >= 15 is 0 Å². The van der Waals surface area contributed by atoms with Crippen LogP contribution in [0.25, 0.3) is 0 Å². The number of allylic oxidation sites excluding steroid dienone is 4. The van der Waals surface area contributed by atoms with Crippen LogP contribution in [-0.4, -0.2) is 33.6 Å². The van der Waals surface area contributed by atoms with Gasteiger partial charge < -0.3 is 5.11 Å². The van der Waals surface area contributed by atoms with Crippen LogP contribution in [0.1, 0.15) is 60.2 Å². The van der Waals surface area contributed by atoms with Crippen molar-refractivity contribution in [1.82, 2.24) is 4.90 Å². The molecular weight excluding hydrogens is 394 g/mol. The fourth-order valence-electron chi connectivity index (χ4n) is 5.73. The molecule has 1 aromatic rings. The van der Waals surface area contributed by atoms with Crippen LogP contribution in [0.2, 0.25) is 0 Å². The third-order valence-electron chi connectivity index (χ3n) is 7.33. The average Bonchev–Trinajstić information content (AvgIpc) is 3.21. The van der Waals surface area contributed by atoms with Gasteiger partial charge in [0.1, 0.15) is 5.76 Å². The molecule has 160 valence electrons. The van der Waals surface area contributed by atoms with Gasteiger partial charge in [-0.3, -0.25) is 19.3 Å². The Morgan fingerprint density at radius 1 is 1.00 bits per heavy atom. The lowest BCUT2D eigenvalue weighted by atomic mass is 9.63. The number of rotatable bonds is 5. The summed E-state index contributed by atoms with van der Waals surface area (Å²) in [6.07, 6.45) is 7.43. The minimum atomic E-state index is -0.380. The Morgan fingerprint density at radius 3 is 2.29 bits per heavy atom. The van der Waals surface area contributed by atoms with Crippen LogP contribution in [0.4, 0.5) is 5.69 Å². The maximum atomic E-state index is 13.1. The second-order valence-electron chi connectivity index (χ2n) is 8.79. The first-order valence-electron chi connectivity index (χ1n) is 11.1. The van der Waals surface area contributed by atoms with Crippen molar-refractivity contribution in [2.24, 2.45) is 33.9 Å². The number of azo groups is 1. The van der Waals surface area contributed by atoms with E-state index in [1.54, 1.807) is 18.2 Å². The molecule has 7 nitrogen and oxygen atoms in total. The molecule has 0 radical (unpaired) electrons. The number of hydrogen-bond acceptors (Lipinski definition) is 6. The first-order valence-corrected chi connectivity index (χ1v) is 11.1. The zero-order valence-electron chi connectivity index (χ0n) is 17.6. The van der Waals surface area contributed by atoms with Gasteiger partial charge in [0, 0.05) is 17.9 Å². The van der Waals surface area contributed by atoms with Gasteiger partial charge in [0.15, 0.2) is 11.5 Å². The van der Waals surface area contributed by atoms with Gasteiger partial charge in [-0.15, -0.1) is 10.2 Å². The minimum absolute atomic E-state index is 0.00596. The summed E-state index contributed by atoms with van der Waals surface area (Å²) in [4.78, 5) is 40.2. The summed E-state index contributed by atoms with van der Waals surface area (Å²) < 4.78 is 0. The highest BCUT2D eigenvalue weighted by atomic mass is 16.3. The molecular formula is C24H25N3O4. The van der Waals surface area contributed by atoms with Crippen LogP contribution in [0, 0.1) is 23.7 Å². The lowest BCUT2D eigenvalue weighted by molar-refractivity contribution is -0.122. The van der Waals surface area contributed by atoms with Gasteiger partial charge in [0.2, 0.25) is 0 Å². The summed E-state index contributed by atoms with van der Waals surface area (Å²) >= 11 is 0. The summed E-state index contributed by atoms with van der Waals surface area (Å²) in [5.74, 6) is -1.08. The number of benzene rings is 1. The molecule has 5 aliphatic rings. The standard InChI is InChI=1S/C24H25N3O4/c1-3-14(4-2)27-23(30)15-6-5-7-16(19(15)24(27)31)25-26-20-21(28)17-12-8-9-13(11-10-12)18(17)22(20)29/h5-9,12-14,17-18,28H,3-4,10-11H2,1-2H3. The van der Waals surface area contributed by atoms with Crippen molar-refractivity contribution < 1.29 is 19.5 Å². The largest absolute Gasteiger partial charge is 0.510 e. The minimum Gasteiger partial charge on any atom is -0.510 e. The van der Waals surface area contributed by atoms with E-state index in [4.69, 9.17) is 0 Å². The first kappa shape index (κ1) is 19.8. The predicted octanol–water partition coefficient (Wildman–Crippen LogP) is 4.74. The maximum absolute atomic E-state index is 13.1. The molecule has 4 unspecified atom stereocenters. The summed E-state index contributed by atoms with van der Waals surface area (Å²) in [7, 11) is 0. The number of carbonyl (C=O) groups is 3. The third kappa shape index (κ3) is 2.75. The number of nitrogens with zero attached hydrogens (tertiary/aromatic N) is 3. The van der Waals surface area contributed by atoms with Crippen molar-refractivity contribution in [2.45, 2.75) is 45.6 Å². The number of Topliss-reactive ketones (excluding diaryl/α,β-unsaturated/α-hetero) is 1. The number of imide groups is 1. The highest BCUT2D eigenvalue weighted by Crippen LogP contribution is 2.52. The average molecular weight is 419 g/mol. The molecule has 1 saturated carbocycles. The molecule has 7 heteroatoms. The Morgan fingerprint density at radius 2 is 1.68 bits per heavy atom. The summed E-state index contributed by atoms with van der Waals surface area (Å²) in [5.41, 5.74) is 0.753. The Balaban J connectivity index is 1.49. The molecule has 6 rings (SSSR count). The van der Waals surface area contributed by atoms with Gasteiger partial charge in [0.05, 0.1) is 16.8 Å². The second-order valence-corrected chi connectivity index (χ2v) is 8.79. The molecule has 0 spiro atoms. The molecule has 2 amide bonds. The summed E-state index contributed by atoms with van der Waals surface area (Å²) in [5, 5.41) is 19.1. The number of fused-ring (bicyclic) bond motifs is 2. The zero-order valence-corrected chi connectivity index (χ0v) is 17.6. The molecule has 0 aromatic heterocycles. The summed E-state index contributed by atoms with van der Waals surface area (Å²) in [6.45, 7) is 3.89. The van der Waals surface area contributed by atoms with E-state index in [1.165, 1.54) is 4.90 Å². The van der Waals surface area contributed by atoms with E-state index in [2.05, 4.69) is 22.4 Å². The molecule has 1 N–H and O–H groups in total. The quantitative estimate of drug-likeness (QED) is 0.423. The van der Waals surface area contributed by atoms with Crippen LogP contribution in [0.3, 0.4) is 0 Å². The van der Waals surface area contributed by atoms with Gasteiger partial charge in [-0.05, 0) is 49.7 Å².